The Balaban J connectivity index is 1.66. The van der Waals surface area contributed by atoms with E-state index in [4.69, 9.17) is 11.6 Å². The minimum absolute atomic E-state index is 0.0337. The molecule has 0 bridgehead atoms. The number of amides is 2. The Morgan fingerprint density at radius 2 is 1.81 bits per heavy atom. The Kier molecular flexibility index (Phi) is 8.85. The molecule has 31 heavy (non-hydrogen) atoms. The Hall–Kier alpha value is -1.98. The van der Waals surface area contributed by atoms with E-state index in [1.165, 1.54) is 5.56 Å². The van der Waals surface area contributed by atoms with Gasteiger partial charge in [-0.1, -0.05) is 60.3 Å². The van der Waals surface area contributed by atoms with Crippen molar-refractivity contribution >= 4 is 35.2 Å². The molecule has 1 saturated carbocycles. The van der Waals surface area contributed by atoms with E-state index in [-0.39, 0.29) is 17.9 Å². The van der Waals surface area contributed by atoms with Gasteiger partial charge >= 0.3 is 0 Å². The van der Waals surface area contributed by atoms with Gasteiger partial charge in [-0.25, -0.2) is 0 Å². The van der Waals surface area contributed by atoms with E-state index >= 15 is 0 Å². The molecule has 2 amide bonds. The molecule has 4 nitrogen and oxygen atoms in total. The summed E-state index contributed by atoms with van der Waals surface area (Å²) >= 11 is 8.01. The van der Waals surface area contributed by atoms with Crippen LogP contribution in [0, 0.1) is 6.92 Å². The van der Waals surface area contributed by atoms with Gasteiger partial charge in [-0.05, 0) is 50.5 Å². The third-order valence-electron chi connectivity index (χ3n) is 5.77. The summed E-state index contributed by atoms with van der Waals surface area (Å²) in [6.45, 7) is 4.20. The maximum absolute atomic E-state index is 13.2. The van der Waals surface area contributed by atoms with Gasteiger partial charge in [0.05, 0.1) is 0 Å². The van der Waals surface area contributed by atoms with Crippen LogP contribution in [0.5, 0.6) is 0 Å². The van der Waals surface area contributed by atoms with Crippen LogP contribution in [0.4, 0.5) is 0 Å². The molecule has 1 aliphatic rings. The maximum Gasteiger partial charge on any atom is 0.242 e. The lowest BCUT2D eigenvalue weighted by molar-refractivity contribution is -0.140. The fourth-order valence-electron chi connectivity index (χ4n) is 3.82. The lowest BCUT2D eigenvalue weighted by Gasteiger charge is -2.30. The van der Waals surface area contributed by atoms with Crippen LogP contribution in [0.25, 0.3) is 0 Å². The van der Waals surface area contributed by atoms with E-state index in [1.54, 1.807) is 16.7 Å². The van der Waals surface area contributed by atoms with Crippen molar-refractivity contribution in [3.05, 3.63) is 64.7 Å². The van der Waals surface area contributed by atoms with Gasteiger partial charge in [0.1, 0.15) is 6.04 Å². The summed E-state index contributed by atoms with van der Waals surface area (Å²) < 4.78 is 0. The second-order valence-electron chi connectivity index (χ2n) is 8.19. The van der Waals surface area contributed by atoms with E-state index in [0.29, 0.717) is 23.7 Å². The van der Waals surface area contributed by atoms with E-state index < -0.39 is 6.04 Å². The number of nitrogens with one attached hydrogen (secondary N) is 1. The summed E-state index contributed by atoms with van der Waals surface area (Å²) in [6.07, 6.45) is 4.70. The third-order valence-corrected chi connectivity index (χ3v) is 7.16. The highest BCUT2D eigenvalue weighted by Gasteiger charge is 2.28. The number of thioether (sulfide) groups is 1. The number of benzene rings is 2. The number of hydrogen-bond donors (Lipinski definition) is 1. The zero-order chi connectivity index (χ0) is 22.2. The molecule has 0 radical (unpaired) electrons. The minimum atomic E-state index is -0.547. The van der Waals surface area contributed by atoms with Gasteiger partial charge in [-0.2, -0.15) is 0 Å². The highest BCUT2D eigenvalue weighted by Crippen LogP contribution is 2.23. The number of nitrogens with zero attached hydrogens (tertiary/aromatic N) is 1. The summed E-state index contributed by atoms with van der Waals surface area (Å²) in [5.74, 6) is 0.546. The molecule has 0 unspecified atom stereocenters. The Morgan fingerprint density at radius 1 is 1.13 bits per heavy atom. The molecule has 0 heterocycles. The lowest BCUT2D eigenvalue weighted by atomic mass is 10.1. The Labute approximate surface area is 194 Å². The lowest BCUT2D eigenvalue weighted by Crippen LogP contribution is -2.49. The van der Waals surface area contributed by atoms with Crippen LogP contribution in [0.3, 0.4) is 0 Å². The topological polar surface area (TPSA) is 49.4 Å². The van der Waals surface area contributed by atoms with Gasteiger partial charge in [-0.3, -0.25) is 9.59 Å². The van der Waals surface area contributed by atoms with Gasteiger partial charge in [0.15, 0.2) is 0 Å². The molecule has 166 valence electrons. The maximum atomic E-state index is 13.2. The zero-order valence-electron chi connectivity index (χ0n) is 18.3. The molecule has 6 heteroatoms. The highest BCUT2D eigenvalue weighted by molar-refractivity contribution is 7.99. The second kappa shape index (κ2) is 11.6. The van der Waals surface area contributed by atoms with Crippen LogP contribution < -0.4 is 5.32 Å². The normalized spacial score (nSPS) is 14.9. The number of halogens is 1. The number of rotatable bonds is 9. The zero-order valence-corrected chi connectivity index (χ0v) is 19.8. The van der Waals surface area contributed by atoms with Crippen LogP contribution >= 0.6 is 23.4 Å². The Bertz CT molecular complexity index is 881. The van der Waals surface area contributed by atoms with Crippen molar-refractivity contribution in [2.45, 2.75) is 69.5 Å². The molecule has 1 atom stereocenters. The molecule has 1 aliphatic carbocycles. The fourth-order valence-corrected chi connectivity index (χ4v) is 4.86. The van der Waals surface area contributed by atoms with Crippen LogP contribution in [-0.2, 0) is 16.1 Å². The smallest absolute Gasteiger partial charge is 0.242 e. The van der Waals surface area contributed by atoms with Crippen molar-refractivity contribution in [1.29, 1.82) is 0 Å². The minimum Gasteiger partial charge on any atom is -0.352 e. The van der Waals surface area contributed by atoms with Crippen LogP contribution in [0.2, 0.25) is 5.02 Å². The molecule has 3 rings (SSSR count). The average molecular weight is 459 g/mol. The molecule has 0 aliphatic heterocycles. The molecule has 2 aromatic carbocycles. The van der Waals surface area contributed by atoms with Gasteiger partial charge < -0.3 is 10.2 Å². The largest absolute Gasteiger partial charge is 0.352 e. The van der Waals surface area contributed by atoms with Gasteiger partial charge in [0.25, 0.3) is 0 Å². The van der Waals surface area contributed by atoms with Crippen molar-refractivity contribution in [2.24, 2.45) is 0 Å². The Morgan fingerprint density at radius 3 is 2.48 bits per heavy atom. The van der Waals surface area contributed by atoms with Crippen molar-refractivity contribution in [1.82, 2.24) is 10.2 Å². The highest BCUT2D eigenvalue weighted by atomic mass is 35.5. The van der Waals surface area contributed by atoms with E-state index in [1.807, 2.05) is 31.2 Å². The van der Waals surface area contributed by atoms with Gasteiger partial charge in [0, 0.05) is 34.7 Å². The fraction of sp³-hybridized carbons (Fsp3) is 0.440. The second-order valence-corrected chi connectivity index (χ2v) is 9.77. The van der Waals surface area contributed by atoms with Gasteiger partial charge in [-0.15, -0.1) is 11.8 Å². The van der Waals surface area contributed by atoms with E-state index in [0.717, 1.165) is 36.1 Å². The number of hydrogen-bond acceptors (Lipinski definition) is 3. The van der Waals surface area contributed by atoms with Crippen molar-refractivity contribution < 1.29 is 9.59 Å². The molecule has 2 aromatic rings. The summed E-state index contributed by atoms with van der Waals surface area (Å²) in [6, 6.07) is 15.5. The van der Waals surface area contributed by atoms with Crippen LogP contribution in [0.15, 0.2) is 53.4 Å². The number of aryl methyl sites for hydroxylation is 1. The molecule has 1 fully saturated rings. The average Bonchev–Trinajstić information content (AvgIpc) is 3.27. The summed E-state index contributed by atoms with van der Waals surface area (Å²) in [7, 11) is 0. The third kappa shape index (κ3) is 7.01. The first kappa shape index (κ1) is 23.7. The summed E-state index contributed by atoms with van der Waals surface area (Å²) in [4.78, 5) is 28.9. The molecule has 0 saturated heterocycles. The van der Waals surface area contributed by atoms with Crippen LogP contribution in [-0.4, -0.2) is 34.6 Å². The number of carbonyl (C=O) groups excluding carboxylic acids is 2. The van der Waals surface area contributed by atoms with Crippen molar-refractivity contribution in [3.63, 3.8) is 0 Å². The molecule has 0 spiro atoms. The SMILES string of the molecule is Cc1ccc(SCCC(=O)N(Cc2ccccc2Cl)[C@H](C)C(=O)NC2CCCC2)cc1. The molecule has 1 N–H and O–H groups in total. The van der Waals surface area contributed by atoms with Crippen molar-refractivity contribution in [3.8, 4) is 0 Å². The summed E-state index contributed by atoms with van der Waals surface area (Å²) in [5, 5.41) is 3.74. The van der Waals surface area contributed by atoms with Crippen LogP contribution in [0.1, 0.15) is 50.2 Å². The first-order valence-electron chi connectivity index (χ1n) is 11.0. The molecular weight excluding hydrogens is 428 g/mol. The number of carbonyl (C=O) groups is 2. The van der Waals surface area contributed by atoms with Crippen molar-refractivity contribution in [2.75, 3.05) is 5.75 Å². The van der Waals surface area contributed by atoms with Gasteiger partial charge in [0.2, 0.25) is 11.8 Å². The first-order valence-corrected chi connectivity index (χ1v) is 12.3. The molecule has 0 aromatic heterocycles. The predicted molar refractivity (Wildman–Crippen MR) is 128 cm³/mol. The standard InChI is InChI=1S/C25H31ClN2O2S/c1-18-11-13-22(14-12-18)31-16-15-24(29)28(17-20-7-3-6-10-23(20)26)19(2)25(30)27-21-8-4-5-9-21/h3,6-7,10-14,19,21H,4-5,8-9,15-17H2,1-2H3,(H,27,30)/t19-/m1/s1. The predicted octanol–water partition coefficient (Wildman–Crippen LogP) is 5.61. The summed E-state index contributed by atoms with van der Waals surface area (Å²) in [5.41, 5.74) is 2.07. The first-order chi connectivity index (χ1) is 14.9. The monoisotopic (exact) mass is 458 g/mol. The van der Waals surface area contributed by atoms with E-state index in [9.17, 15) is 9.59 Å². The molecular formula is C25H31ClN2O2S. The van der Waals surface area contributed by atoms with E-state index in [2.05, 4.69) is 36.5 Å². The quantitative estimate of drug-likeness (QED) is 0.497.